The monoisotopic (exact) mass is 408 g/mol. The lowest BCUT2D eigenvalue weighted by Gasteiger charge is -2.14. The van der Waals surface area contributed by atoms with Crippen molar-refractivity contribution < 1.29 is 32.2 Å². The summed E-state index contributed by atoms with van der Waals surface area (Å²) in [4.78, 5) is 24.4. The number of methoxy groups -OCH3 is 2. The fourth-order valence-corrected chi connectivity index (χ4v) is 2.69. The Hall–Kier alpha value is -3.11. The topological polar surface area (TPSA) is 134 Å². The molecule has 2 rings (SSSR count). The van der Waals surface area contributed by atoms with Gasteiger partial charge in [0.25, 0.3) is 5.91 Å². The van der Waals surface area contributed by atoms with Gasteiger partial charge in [0, 0.05) is 11.8 Å². The lowest BCUT2D eigenvalue weighted by atomic mass is 10.2. The summed E-state index contributed by atoms with van der Waals surface area (Å²) in [7, 11) is -0.934. The van der Waals surface area contributed by atoms with Gasteiger partial charge in [-0.05, 0) is 43.3 Å². The number of primary sulfonamides is 1. The zero-order valence-electron chi connectivity index (χ0n) is 15.5. The second-order valence-corrected chi connectivity index (χ2v) is 7.27. The maximum atomic E-state index is 12.3. The van der Waals surface area contributed by atoms with E-state index in [0.29, 0.717) is 17.2 Å². The average molecular weight is 408 g/mol. The van der Waals surface area contributed by atoms with E-state index in [9.17, 15) is 18.0 Å². The summed E-state index contributed by atoms with van der Waals surface area (Å²) >= 11 is 0. The number of esters is 1. The molecule has 9 nitrogen and oxygen atoms in total. The van der Waals surface area contributed by atoms with Crippen LogP contribution in [-0.4, -0.2) is 40.6 Å². The number of benzene rings is 2. The molecule has 150 valence electrons. The Labute approximate surface area is 162 Å². The molecule has 0 aliphatic rings. The van der Waals surface area contributed by atoms with Gasteiger partial charge in [0.05, 0.1) is 24.7 Å². The molecule has 0 spiro atoms. The Morgan fingerprint density at radius 3 is 2.00 bits per heavy atom. The van der Waals surface area contributed by atoms with Gasteiger partial charge in [-0.15, -0.1) is 0 Å². The van der Waals surface area contributed by atoms with Crippen LogP contribution in [0.15, 0.2) is 47.4 Å². The molecular formula is C18H20N2O7S. The van der Waals surface area contributed by atoms with Crippen LogP contribution >= 0.6 is 0 Å². The first-order valence-corrected chi connectivity index (χ1v) is 9.56. The maximum absolute atomic E-state index is 12.3. The highest BCUT2D eigenvalue weighted by Crippen LogP contribution is 2.23. The fraction of sp³-hybridized carbons (Fsp3) is 0.222. The largest absolute Gasteiger partial charge is 0.497 e. The molecule has 2 aromatic rings. The van der Waals surface area contributed by atoms with E-state index in [2.05, 4.69) is 5.32 Å². The van der Waals surface area contributed by atoms with Crippen LogP contribution in [0.5, 0.6) is 11.5 Å². The smallest absolute Gasteiger partial charge is 0.339 e. The third-order valence-electron chi connectivity index (χ3n) is 3.69. The zero-order chi connectivity index (χ0) is 20.9. The van der Waals surface area contributed by atoms with Crippen molar-refractivity contribution >= 4 is 27.6 Å². The van der Waals surface area contributed by atoms with Gasteiger partial charge >= 0.3 is 5.97 Å². The molecule has 3 N–H and O–H groups in total. The SMILES string of the molecule is COc1cc(OC)cc(C(=O)OC(C)C(=O)Nc2ccc(S(N)(=O)=O)cc2)c1. The van der Waals surface area contributed by atoms with Gasteiger partial charge in [0.2, 0.25) is 10.0 Å². The molecule has 28 heavy (non-hydrogen) atoms. The minimum absolute atomic E-state index is 0.0862. The Kier molecular flexibility index (Phi) is 6.60. The number of anilines is 1. The van der Waals surface area contributed by atoms with Gasteiger partial charge in [-0.1, -0.05) is 0 Å². The van der Waals surface area contributed by atoms with E-state index in [0.717, 1.165) is 0 Å². The van der Waals surface area contributed by atoms with Crippen molar-refractivity contribution in [2.45, 2.75) is 17.9 Å². The van der Waals surface area contributed by atoms with Gasteiger partial charge in [-0.3, -0.25) is 4.79 Å². The Morgan fingerprint density at radius 1 is 1.00 bits per heavy atom. The average Bonchev–Trinajstić information content (AvgIpc) is 2.67. The van der Waals surface area contributed by atoms with E-state index >= 15 is 0 Å². The molecule has 10 heteroatoms. The number of hydrogen-bond donors (Lipinski definition) is 2. The van der Waals surface area contributed by atoms with E-state index in [4.69, 9.17) is 19.3 Å². The molecule has 1 unspecified atom stereocenters. The van der Waals surface area contributed by atoms with Crippen LogP contribution in [0, 0.1) is 0 Å². The first-order chi connectivity index (χ1) is 13.1. The van der Waals surface area contributed by atoms with E-state index in [-0.39, 0.29) is 10.5 Å². The molecule has 0 fully saturated rings. The van der Waals surface area contributed by atoms with E-state index in [1.165, 1.54) is 57.5 Å². The molecule has 0 aliphatic carbocycles. The summed E-state index contributed by atoms with van der Waals surface area (Å²) in [6.07, 6.45) is -1.11. The summed E-state index contributed by atoms with van der Waals surface area (Å²) in [6.45, 7) is 1.41. The van der Waals surface area contributed by atoms with Crippen LogP contribution in [0.1, 0.15) is 17.3 Å². The summed E-state index contributed by atoms with van der Waals surface area (Å²) in [5, 5.41) is 7.54. The molecule has 0 heterocycles. The van der Waals surface area contributed by atoms with Crippen LogP contribution in [0.25, 0.3) is 0 Å². The minimum Gasteiger partial charge on any atom is -0.497 e. The summed E-state index contributed by atoms with van der Waals surface area (Å²) < 4.78 is 37.8. The van der Waals surface area contributed by atoms with Crippen molar-refractivity contribution in [2.24, 2.45) is 5.14 Å². The van der Waals surface area contributed by atoms with Crippen molar-refractivity contribution in [2.75, 3.05) is 19.5 Å². The van der Waals surface area contributed by atoms with Gasteiger partial charge < -0.3 is 19.5 Å². The summed E-state index contributed by atoms with van der Waals surface area (Å²) in [6, 6.07) is 9.77. The maximum Gasteiger partial charge on any atom is 0.339 e. The molecule has 0 aromatic heterocycles. The van der Waals surface area contributed by atoms with Crippen LogP contribution in [0.3, 0.4) is 0 Å². The molecule has 1 atom stereocenters. The molecule has 0 aliphatic heterocycles. The number of hydrogen-bond acceptors (Lipinski definition) is 7. The van der Waals surface area contributed by atoms with Crippen LogP contribution < -0.4 is 19.9 Å². The second kappa shape index (κ2) is 8.72. The van der Waals surface area contributed by atoms with Gasteiger partial charge in [-0.25, -0.2) is 18.4 Å². The predicted octanol–water partition coefficient (Wildman–Crippen LogP) is 1.54. The first-order valence-electron chi connectivity index (χ1n) is 8.02. The normalized spacial score (nSPS) is 12.0. The number of sulfonamides is 1. The standard InChI is InChI=1S/C18H20N2O7S/c1-11(17(21)20-13-4-6-16(7-5-13)28(19,23)24)27-18(22)12-8-14(25-2)10-15(9-12)26-3/h4-11H,1-3H3,(H,20,21)(H2,19,23,24). The van der Waals surface area contributed by atoms with Gasteiger partial charge in [0.1, 0.15) is 11.5 Å². The number of nitrogens with two attached hydrogens (primary N) is 1. The van der Waals surface area contributed by atoms with Crippen LogP contribution in [0.2, 0.25) is 0 Å². The Bertz CT molecular complexity index is 950. The number of carbonyl (C=O) groups is 2. The highest BCUT2D eigenvalue weighted by atomic mass is 32.2. The minimum atomic E-state index is -3.83. The fourth-order valence-electron chi connectivity index (χ4n) is 2.18. The van der Waals surface area contributed by atoms with Crippen molar-refractivity contribution in [3.63, 3.8) is 0 Å². The van der Waals surface area contributed by atoms with E-state index in [1.54, 1.807) is 6.07 Å². The number of ether oxygens (including phenoxy) is 3. The highest BCUT2D eigenvalue weighted by molar-refractivity contribution is 7.89. The molecule has 0 bridgehead atoms. The number of rotatable bonds is 7. The lowest BCUT2D eigenvalue weighted by molar-refractivity contribution is -0.123. The number of nitrogens with one attached hydrogen (secondary N) is 1. The Balaban J connectivity index is 2.05. The first kappa shape index (κ1) is 21.2. The molecule has 2 aromatic carbocycles. The molecule has 0 radical (unpaired) electrons. The lowest BCUT2D eigenvalue weighted by Crippen LogP contribution is -2.30. The van der Waals surface area contributed by atoms with Gasteiger partial charge in [-0.2, -0.15) is 0 Å². The Morgan fingerprint density at radius 2 is 1.54 bits per heavy atom. The third kappa shape index (κ3) is 5.44. The summed E-state index contributed by atoms with van der Waals surface area (Å²) in [5.74, 6) is -0.521. The number of amides is 1. The van der Waals surface area contributed by atoms with Gasteiger partial charge in [0.15, 0.2) is 6.10 Å². The molecular weight excluding hydrogens is 388 g/mol. The van der Waals surface area contributed by atoms with E-state index < -0.39 is 28.0 Å². The molecule has 0 saturated heterocycles. The molecule has 0 saturated carbocycles. The molecule has 1 amide bonds. The summed E-state index contributed by atoms with van der Waals surface area (Å²) in [5.41, 5.74) is 0.483. The van der Waals surface area contributed by atoms with Crippen LogP contribution in [-0.2, 0) is 19.6 Å². The zero-order valence-corrected chi connectivity index (χ0v) is 16.3. The number of carbonyl (C=O) groups excluding carboxylic acids is 2. The van der Waals surface area contributed by atoms with Crippen molar-refractivity contribution in [3.8, 4) is 11.5 Å². The van der Waals surface area contributed by atoms with Crippen molar-refractivity contribution in [3.05, 3.63) is 48.0 Å². The quantitative estimate of drug-likeness (QED) is 0.664. The van der Waals surface area contributed by atoms with E-state index in [1.807, 2.05) is 0 Å². The van der Waals surface area contributed by atoms with Crippen molar-refractivity contribution in [1.29, 1.82) is 0 Å². The van der Waals surface area contributed by atoms with Crippen LogP contribution in [0.4, 0.5) is 5.69 Å². The third-order valence-corrected chi connectivity index (χ3v) is 4.62. The van der Waals surface area contributed by atoms with Crippen molar-refractivity contribution in [1.82, 2.24) is 0 Å². The predicted molar refractivity (Wildman–Crippen MR) is 101 cm³/mol. The highest BCUT2D eigenvalue weighted by Gasteiger charge is 2.20. The second-order valence-electron chi connectivity index (χ2n) is 5.71.